The number of rotatable bonds is 6. The molecule has 0 radical (unpaired) electrons. The molecule has 1 heterocycles. The second-order valence-corrected chi connectivity index (χ2v) is 6.15. The minimum atomic E-state index is 0.403. The fraction of sp³-hybridized carbons (Fsp3) is 0.667. The first-order chi connectivity index (χ1) is 9.65. The third-order valence-electron chi connectivity index (χ3n) is 4.60. The number of hydrogen-bond acceptors (Lipinski definition) is 2. The average Bonchev–Trinajstić information content (AvgIpc) is 2.90. The van der Waals surface area contributed by atoms with Gasteiger partial charge in [0.15, 0.2) is 0 Å². The van der Waals surface area contributed by atoms with Crippen LogP contribution in [0.15, 0.2) is 24.3 Å². The van der Waals surface area contributed by atoms with Gasteiger partial charge in [0.2, 0.25) is 0 Å². The van der Waals surface area contributed by atoms with Gasteiger partial charge in [-0.15, -0.1) is 0 Å². The van der Waals surface area contributed by atoms with Gasteiger partial charge < -0.3 is 10.1 Å². The summed E-state index contributed by atoms with van der Waals surface area (Å²) in [6.45, 7) is 10.8. The molecule has 20 heavy (non-hydrogen) atoms. The molecule has 4 unspecified atom stereocenters. The van der Waals surface area contributed by atoms with Crippen LogP contribution < -0.4 is 5.32 Å². The predicted octanol–water partition coefficient (Wildman–Crippen LogP) is 4.28. The Labute approximate surface area is 123 Å². The van der Waals surface area contributed by atoms with Gasteiger partial charge in [-0.2, -0.15) is 0 Å². The third-order valence-corrected chi connectivity index (χ3v) is 4.60. The van der Waals surface area contributed by atoms with E-state index in [1.807, 2.05) is 0 Å². The maximum atomic E-state index is 5.75. The highest BCUT2D eigenvalue weighted by Crippen LogP contribution is 2.32. The van der Waals surface area contributed by atoms with Crippen LogP contribution >= 0.6 is 0 Å². The van der Waals surface area contributed by atoms with Crippen LogP contribution in [0.3, 0.4) is 0 Å². The molecular weight excluding hydrogens is 246 g/mol. The van der Waals surface area contributed by atoms with Crippen LogP contribution in [0.25, 0.3) is 0 Å². The molecule has 1 fully saturated rings. The summed E-state index contributed by atoms with van der Waals surface area (Å²) in [6.07, 6.45) is 2.76. The highest BCUT2D eigenvalue weighted by molar-refractivity contribution is 5.27. The lowest BCUT2D eigenvalue weighted by atomic mass is 9.89. The van der Waals surface area contributed by atoms with Crippen molar-refractivity contribution in [1.82, 2.24) is 5.32 Å². The molecule has 4 atom stereocenters. The SMILES string of the molecule is CCNC(c1ccc(C(C)CC)cc1)C1COC(C)C1. The fourth-order valence-corrected chi connectivity index (χ4v) is 3.13. The summed E-state index contributed by atoms with van der Waals surface area (Å²) in [5.41, 5.74) is 2.85. The van der Waals surface area contributed by atoms with E-state index in [-0.39, 0.29) is 0 Å². The molecule has 2 rings (SSSR count). The number of ether oxygens (including phenoxy) is 1. The highest BCUT2D eigenvalue weighted by atomic mass is 16.5. The van der Waals surface area contributed by atoms with Crippen LogP contribution in [-0.2, 0) is 4.74 Å². The van der Waals surface area contributed by atoms with E-state index in [0.717, 1.165) is 19.6 Å². The molecule has 0 aliphatic carbocycles. The Morgan fingerprint density at radius 3 is 2.35 bits per heavy atom. The molecule has 1 saturated heterocycles. The van der Waals surface area contributed by atoms with Gasteiger partial charge in [0.25, 0.3) is 0 Å². The lowest BCUT2D eigenvalue weighted by molar-refractivity contribution is 0.117. The summed E-state index contributed by atoms with van der Waals surface area (Å²) in [4.78, 5) is 0. The minimum Gasteiger partial charge on any atom is -0.378 e. The summed E-state index contributed by atoms with van der Waals surface area (Å²) in [5.74, 6) is 1.25. The molecule has 0 saturated carbocycles. The molecule has 0 aromatic heterocycles. The Hall–Kier alpha value is -0.860. The van der Waals surface area contributed by atoms with Crippen molar-refractivity contribution in [3.63, 3.8) is 0 Å². The van der Waals surface area contributed by atoms with E-state index < -0.39 is 0 Å². The first-order valence-corrected chi connectivity index (χ1v) is 8.10. The van der Waals surface area contributed by atoms with Gasteiger partial charge in [-0.25, -0.2) is 0 Å². The quantitative estimate of drug-likeness (QED) is 0.837. The van der Waals surface area contributed by atoms with E-state index in [0.29, 0.717) is 24.0 Å². The zero-order valence-corrected chi connectivity index (χ0v) is 13.4. The summed E-state index contributed by atoms with van der Waals surface area (Å²) in [6, 6.07) is 9.63. The molecule has 0 spiro atoms. The van der Waals surface area contributed by atoms with Crippen LogP contribution in [0.4, 0.5) is 0 Å². The number of hydrogen-bond donors (Lipinski definition) is 1. The predicted molar refractivity (Wildman–Crippen MR) is 85.1 cm³/mol. The maximum Gasteiger partial charge on any atom is 0.0551 e. The van der Waals surface area contributed by atoms with Gasteiger partial charge >= 0.3 is 0 Å². The molecule has 2 nitrogen and oxygen atoms in total. The molecule has 1 aliphatic heterocycles. The summed E-state index contributed by atoms with van der Waals surface area (Å²) in [7, 11) is 0. The Morgan fingerprint density at radius 1 is 1.20 bits per heavy atom. The Balaban J connectivity index is 2.12. The zero-order valence-electron chi connectivity index (χ0n) is 13.4. The minimum absolute atomic E-state index is 0.403. The topological polar surface area (TPSA) is 21.3 Å². The second kappa shape index (κ2) is 7.24. The lowest BCUT2D eigenvalue weighted by Gasteiger charge is -2.24. The molecule has 2 heteroatoms. The molecular formula is C18H29NO. The highest BCUT2D eigenvalue weighted by Gasteiger charge is 2.30. The first-order valence-electron chi connectivity index (χ1n) is 8.10. The van der Waals surface area contributed by atoms with Crippen molar-refractivity contribution in [3.8, 4) is 0 Å². The van der Waals surface area contributed by atoms with E-state index in [4.69, 9.17) is 4.74 Å². The van der Waals surface area contributed by atoms with Gasteiger partial charge in [-0.3, -0.25) is 0 Å². The van der Waals surface area contributed by atoms with Gasteiger partial charge in [0.05, 0.1) is 12.7 Å². The molecule has 1 aliphatic rings. The van der Waals surface area contributed by atoms with Crippen molar-refractivity contribution >= 4 is 0 Å². The summed E-state index contributed by atoms with van der Waals surface area (Å²) < 4.78 is 5.75. The van der Waals surface area contributed by atoms with Crippen molar-refractivity contribution in [3.05, 3.63) is 35.4 Å². The standard InChI is InChI=1S/C18H29NO/c1-5-13(3)15-7-9-16(10-8-15)18(19-6-2)17-11-14(4)20-12-17/h7-10,13-14,17-19H,5-6,11-12H2,1-4H3. The van der Waals surface area contributed by atoms with Gasteiger partial charge in [0, 0.05) is 12.0 Å². The molecule has 1 aromatic rings. The molecule has 1 aromatic carbocycles. The van der Waals surface area contributed by atoms with E-state index in [2.05, 4.69) is 57.3 Å². The van der Waals surface area contributed by atoms with Crippen molar-refractivity contribution < 1.29 is 4.74 Å². The van der Waals surface area contributed by atoms with Crippen LogP contribution in [0.5, 0.6) is 0 Å². The summed E-state index contributed by atoms with van der Waals surface area (Å²) in [5, 5.41) is 3.64. The molecule has 0 amide bonds. The molecule has 1 N–H and O–H groups in total. The van der Waals surface area contributed by atoms with Crippen LogP contribution in [-0.4, -0.2) is 19.3 Å². The van der Waals surface area contributed by atoms with Gasteiger partial charge in [-0.1, -0.05) is 45.0 Å². The van der Waals surface area contributed by atoms with Crippen molar-refractivity contribution in [2.75, 3.05) is 13.2 Å². The Bertz CT molecular complexity index is 400. The smallest absolute Gasteiger partial charge is 0.0551 e. The maximum absolute atomic E-state index is 5.75. The van der Waals surface area contributed by atoms with Crippen LogP contribution in [0.1, 0.15) is 63.6 Å². The first kappa shape index (κ1) is 15.5. The van der Waals surface area contributed by atoms with Crippen molar-refractivity contribution in [1.29, 1.82) is 0 Å². The van der Waals surface area contributed by atoms with E-state index in [9.17, 15) is 0 Å². The summed E-state index contributed by atoms with van der Waals surface area (Å²) >= 11 is 0. The van der Waals surface area contributed by atoms with Gasteiger partial charge in [-0.05, 0) is 43.4 Å². The largest absolute Gasteiger partial charge is 0.378 e. The third kappa shape index (κ3) is 3.62. The average molecular weight is 275 g/mol. The van der Waals surface area contributed by atoms with Gasteiger partial charge in [0.1, 0.15) is 0 Å². The number of nitrogens with one attached hydrogen (secondary N) is 1. The zero-order chi connectivity index (χ0) is 14.5. The lowest BCUT2D eigenvalue weighted by Crippen LogP contribution is -2.28. The van der Waals surface area contributed by atoms with E-state index >= 15 is 0 Å². The Kier molecular flexibility index (Phi) is 5.62. The normalized spacial score (nSPS) is 25.6. The van der Waals surface area contributed by atoms with E-state index in [1.165, 1.54) is 17.5 Å². The second-order valence-electron chi connectivity index (χ2n) is 6.15. The van der Waals surface area contributed by atoms with E-state index in [1.54, 1.807) is 0 Å². The van der Waals surface area contributed by atoms with Crippen LogP contribution in [0, 0.1) is 5.92 Å². The molecule has 112 valence electrons. The fourth-order valence-electron chi connectivity index (χ4n) is 3.13. The Morgan fingerprint density at radius 2 is 1.85 bits per heavy atom. The van der Waals surface area contributed by atoms with Crippen molar-refractivity contribution in [2.45, 2.75) is 58.6 Å². The molecule has 0 bridgehead atoms. The monoisotopic (exact) mass is 275 g/mol. The van der Waals surface area contributed by atoms with Crippen LogP contribution in [0.2, 0.25) is 0 Å². The number of benzene rings is 1. The van der Waals surface area contributed by atoms with Crippen molar-refractivity contribution in [2.24, 2.45) is 5.92 Å².